The zero-order valence-corrected chi connectivity index (χ0v) is 30.5. The van der Waals surface area contributed by atoms with Crippen molar-refractivity contribution in [1.29, 1.82) is 0 Å². The molecular formula is C43H34Cl3N3O6. The second-order valence-electron chi connectivity index (χ2n) is 10.8. The summed E-state index contributed by atoms with van der Waals surface area (Å²) in [5.74, 6) is -1.70. The Morgan fingerprint density at radius 1 is 0.473 bits per heavy atom. The molecule has 0 spiro atoms. The van der Waals surface area contributed by atoms with Crippen molar-refractivity contribution in [2.75, 3.05) is 15.1 Å². The number of halogens is 3. The summed E-state index contributed by atoms with van der Waals surface area (Å²) in [6, 6.07) is 54.3. The fourth-order valence-electron chi connectivity index (χ4n) is 4.86. The van der Waals surface area contributed by atoms with E-state index in [0.29, 0.717) is 22.6 Å². The first-order valence-electron chi connectivity index (χ1n) is 16.0. The van der Waals surface area contributed by atoms with E-state index in [1.54, 1.807) is 66.7 Å². The average Bonchev–Trinajstić information content (AvgIpc) is 3.46. The molecule has 6 aromatic carbocycles. The lowest BCUT2D eigenvalue weighted by Gasteiger charge is -2.20. The Morgan fingerprint density at radius 2 is 0.836 bits per heavy atom. The van der Waals surface area contributed by atoms with E-state index in [1.165, 1.54) is 9.80 Å². The number of benzene rings is 6. The normalized spacial score (nSPS) is 10.6. The first-order chi connectivity index (χ1) is 26.1. The van der Waals surface area contributed by atoms with Gasteiger partial charge in [0.05, 0.1) is 11.3 Å². The van der Waals surface area contributed by atoms with Crippen molar-refractivity contribution in [3.8, 4) is 0 Å². The molecule has 0 unspecified atom stereocenters. The van der Waals surface area contributed by atoms with E-state index >= 15 is 0 Å². The van der Waals surface area contributed by atoms with Crippen LogP contribution in [-0.4, -0.2) is 33.3 Å². The fourth-order valence-corrected chi connectivity index (χ4v) is 4.94. The Kier molecular flexibility index (Phi) is 17.2. The third kappa shape index (κ3) is 12.6. The van der Waals surface area contributed by atoms with Gasteiger partial charge in [0.2, 0.25) is 0 Å². The molecule has 0 atom stereocenters. The third-order valence-electron chi connectivity index (χ3n) is 7.19. The third-order valence-corrected chi connectivity index (χ3v) is 7.79. The van der Waals surface area contributed by atoms with Gasteiger partial charge in [-0.1, -0.05) is 111 Å². The van der Waals surface area contributed by atoms with E-state index in [1.807, 2.05) is 109 Å². The minimum absolute atomic E-state index is 0. The van der Waals surface area contributed by atoms with E-state index in [0.717, 1.165) is 17.1 Å². The van der Waals surface area contributed by atoms with Gasteiger partial charge in [0.1, 0.15) is 0 Å². The molecule has 12 heteroatoms. The molecular weight excluding hydrogens is 761 g/mol. The van der Waals surface area contributed by atoms with Gasteiger partial charge >= 0.3 is 27.5 Å². The SMILES string of the molecule is C.O=C(Cl)C(=O)Cl.O=C(Cl)C(=O)N(c1ccccc1)c1ccccc1.O=C1C(=O)N(c2ccccc2)c2ccccc21.c1ccc(Nc2ccccc2)cc1. The number of Topliss-reactive ketones (excluding diaryl/α,β-unsaturated/α-hetero) is 1. The largest absolute Gasteiger partial charge is 0.356 e. The molecule has 0 aromatic heterocycles. The van der Waals surface area contributed by atoms with Crippen molar-refractivity contribution in [3.63, 3.8) is 0 Å². The highest BCUT2D eigenvalue weighted by Gasteiger charge is 2.36. The Morgan fingerprint density at radius 3 is 1.24 bits per heavy atom. The van der Waals surface area contributed by atoms with Gasteiger partial charge in [-0.05, 0) is 108 Å². The van der Waals surface area contributed by atoms with E-state index in [-0.39, 0.29) is 7.43 Å². The monoisotopic (exact) mass is 793 g/mol. The fraction of sp³-hybridized carbons (Fsp3) is 0.0233. The van der Waals surface area contributed by atoms with E-state index in [2.05, 4.69) is 28.5 Å². The number of rotatable bonds is 7. The van der Waals surface area contributed by atoms with Crippen LogP contribution in [0.15, 0.2) is 176 Å². The molecule has 55 heavy (non-hydrogen) atoms. The number of carbonyl (C=O) groups excluding carboxylic acids is 6. The Bertz CT molecular complexity index is 2100. The van der Waals surface area contributed by atoms with Crippen LogP contribution in [0.25, 0.3) is 0 Å². The van der Waals surface area contributed by atoms with Crippen molar-refractivity contribution in [3.05, 3.63) is 181 Å². The second kappa shape index (κ2) is 22.0. The topological polar surface area (TPSA) is 121 Å². The van der Waals surface area contributed by atoms with Crippen LogP contribution in [0.3, 0.4) is 0 Å². The number of carbonyl (C=O) groups is 6. The van der Waals surface area contributed by atoms with Gasteiger partial charge in [-0.25, -0.2) is 0 Å². The van der Waals surface area contributed by atoms with Crippen LogP contribution in [0, 0.1) is 0 Å². The van der Waals surface area contributed by atoms with E-state index < -0.39 is 33.3 Å². The zero-order valence-electron chi connectivity index (χ0n) is 28.2. The highest BCUT2D eigenvalue weighted by atomic mass is 35.5. The number of hydrogen-bond donors (Lipinski definition) is 1. The number of ketones is 1. The summed E-state index contributed by atoms with van der Waals surface area (Å²) in [7, 11) is 0. The van der Waals surface area contributed by atoms with Crippen LogP contribution in [0.2, 0.25) is 0 Å². The van der Waals surface area contributed by atoms with Crippen molar-refractivity contribution < 1.29 is 28.8 Å². The summed E-state index contributed by atoms with van der Waals surface area (Å²) in [6.07, 6.45) is 0. The molecule has 1 heterocycles. The Hall–Kier alpha value is -6.39. The molecule has 0 saturated heterocycles. The smallest absolute Gasteiger partial charge is 0.315 e. The van der Waals surface area contributed by atoms with Crippen LogP contribution in [0.4, 0.5) is 34.1 Å². The lowest BCUT2D eigenvalue weighted by atomic mass is 10.1. The number of fused-ring (bicyclic) bond motifs is 1. The first kappa shape index (κ1) is 43.0. The quantitative estimate of drug-likeness (QED) is 0.126. The second-order valence-corrected chi connectivity index (χ2v) is 11.8. The molecule has 0 fully saturated rings. The predicted molar refractivity (Wildman–Crippen MR) is 220 cm³/mol. The molecule has 0 aliphatic carbocycles. The summed E-state index contributed by atoms with van der Waals surface area (Å²) < 4.78 is 0. The predicted octanol–water partition coefficient (Wildman–Crippen LogP) is 10.2. The van der Waals surface area contributed by atoms with Crippen LogP contribution < -0.4 is 15.1 Å². The van der Waals surface area contributed by atoms with Crippen molar-refractivity contribution >= 4 is 102 Å². The zero-order chi connectivity index (χ0) is 38.9. The Balaban J connectivity index is 0.000000206. The number of anilines is 6. The Labute approximate surface area is 333 Å². The van der Waals surface area contributed by atoms with E-state index in [9.17, 15) is 28.8 Å². The van der Waals surface area contributed by atoms with Crippen LogP contribution in [0.1, 0.15) is 17.8 Å². The highest BCUT2D eigenvalue weighted by molar-refractivity contribution is 6.97. The molecule has 6 aromatic rings. The maximum atomic E-state index is 11.9. The van der Waals surface area contributed by atoms with Crippen molar-refractivity contribution in [2.45, 2.75) is 7.43 Å². The highest BCUT2D eigenvalue weighted by Crippen LogP contribution is 2.34. The molecule has 1 N–H and O–H groups in total. The lowest BCUT2D eigenvalue weighted by molar-refractivity contribution is -0.131. The number of amides is 2. The molecule has 0 bridgehead atoms. The number of para-hydroxylation sites is 6. The van der Waals surface area contributed by atoms with Crippen molar-refractivity contribution in [1.82, 2.24) is 0 Å². The van der Waals surface area contributed by atoms with Crippen LogP contribution in [-0.2, 0) is 24.0 Å². The van der Waals surface area contributed by atoms with E-state index in [4.69, 9.17) is 11.6 Å². The number of hydrogen-bond acceptors (Lipinski definition) is 7. The maximum Gasteiger partial charge on any atom is 0.315 e. The standard InChI is InChI=1S/C14H10ClNO2.C14H9NO2.C12H11N.C2Cl2O2.CH4/c15-13(17)14(18)16(11-7-3-1-4-8-11)12-9-5-2-6-10-12;16-13-11-8-4-5-9-12(11)15(14(13)17)10-6-2-1-3-7-10;1-3-7-11(8-4-1)13-12-9-5-2-6-10-12;3-1(5)2(4)6;/h1-10H;1-9H;1-10,13H;;1H4. The average molecular weight is 795 g/mol. The van der Waals surface area contributed by atoms with Gasteiger partial charge in [0.25, 0.3) is 5.78 Å². The van der Waals surface area contributed by atoms with Crippen LogP contribution in [0.5, 0.6) is 0 Å². The minimum atomic E-state index is -1.14. The maximum absolute atomic E-state index is 11.9. The first-order valence-corrected chi connectivity index (χ1v) is 17.1. The van der Waals surface area contributed by atoms with Gasteiger partial charge in [0, 0.05) is 28.4 Å². The molecule has 2 amide bonds. The summed E-state index contributed by atoms with van der Waals surface area (Å²) in [4.78, 5) is 68.3. The molecule has 278 valence electrons. The van der Waals surface area contributed by atoms with Gasteiger partial charge in [0.15, 0.2) is 0 Å². The minimum Gasteiger partial charge on any atom is -0.356 e. The van der Waals surface area contributed by atoms with Crippen LogP contribution >= 0.6 is 34.8 Å². The molecule has 1 aliphatic rings. The van der Waals surface area contributed by atoms with Gasteiger partial charge in [-0.2, -0.15) is 0 Å². The summed E-state index contributed by atoms with van der Waals surface area (Å²) >= 11 is 14.3. The van der Waals surface area contributed by atoms with Crippen molar-refractivity contribution in [2.24, 2.45) is 0 Å². The van der Waals surface area contributed by atoms with Gasteiger partial charge in [-0.3, -0.25) is 38.6 Å². The molecule has 0 saturated carbocycles. The number of nitrogens with zero attached hydrogens (tertiary/aromatic N) is 2. The molecule has 1 aliphatic heterocycles. The number of nitrogens with one attached hydrogen (secondary N) is 1. The summed E-state index contributed by atoms with van der Waals surface area (Å²) in [6.45, 7) is 0. The summed E-state index contributed by atoms with van der Waals surface area (Å²) in [5.41, 5.74) is 5.29. The molecule has 0 radical (unpaired) electrons. The van der Waals surface area contributed by atoms with Gasteiger partial charge in [-0.15, -0.1) is 0 Å². The molecule has 9 nitrogen and oxygen atoms in total. The lowest BCUT2D eigenvalue weighted by Crippen LogP contribution is -2.30. The molecule has 7 rings (SSSR count). The summed E-state index contributed by atoms with van der Waals surface area (Å²) in [5, 5.41) is 0.00856. The van der Waals surface area contributed by atoms with Gasteiger partial charge < -0.3 is 5.32 Å².